The van der Waals surface area contributed by atoms with E-state index >= 15 is 0 Å². The van der Waals surface area contributed by atoms with Gasteiger partial charge in [-0.15, -0.1) is 0 Å². The van der Waals surface area contributed by atoms with E-state index in [0.29, 0.717) is 11.8 Å². The molecule has 57 heavy (non-hydrogen) atoms. The Kier molecular flexibility index (Phi) is 8.42. The highest BCUT2D eigenvalue weighted by atomic mass is 16.1. The number of carbonyl (C=O) groups is 1. The number of para-hydroxylation sites is 1. The summed E-state index contributed by atoms with van der Waals surface area (Å²) in [4.78, 5) is 27.9. The number of rotatable bonds is 7. The van der Waals surface area contributed by atoms with Crippen LogP contribution in [0.25, 0.3) is 82.3 Å². The first-order valence-electron chi connectivity index (χ1n) is 19.4. The lowest BCUT2D eigenvalue weighted by Gasteiger charge is -2.20. The summed E-state index contributed by atoms with van der Waals surface area (Å²) in [6, 6.07) is 66.3. The van der Waals surface area contributed by atoms with Gasteiger partial charge in [0.2, 0.25) is 0 Å². The van der Waals surface area contributed by atoms with Crippen molar-refractivity contribution in [1.29, 1.82) is 0 Å². The average Bonchev–Trinajstić information content (AvgIpc) is 3.26. The van der Waals surface area contributed by atoms with Gasteiger partial charge in [-0.25, -0.2) is 0 Å². The normalized spacial score (nSPS) is 11.5. The van der Waals surface area contributed by atoms with Crippen LogP contribution in [0.1, 0.15) is 21.5 Å². The fourth-order valence-corrected chi connectivity index (χ4v) is 8.73. The molecule has 10 aromatic rings. The first-order chi connectivity index (χ1) is 28.0. The Hall–Kier alpha value is -7.36. The third-order valence-corrected chi connectivity index (χ3v) is 11.4. The molecule has 0 bridgehead atoms. The van der Waals surface area contributed by atoms with E-state index in [0.717, 1.165) is 93.6 Å². The van der Waals surface area contributed by atoms with Crippen molar-refractivity contribution in [3.63, 3.8) is 0 Å². The minimum atomic E-state index is -0.0297. The summed E-state index contributed by atoms with van der Waals surface area (Å²) in [6.45, 7) is 2.12. The first kappa shape index (κ1) is 34.2. The number of hydrogen-bond donors (Lipinski definition) is 0. The van der Waals surface area contributed by atoms with Crippen LogP contribution in [0.5, 0.6) is 0 Å². The van der Waals surface area contributed by atoms with Crippen LogP contribution >= 0.6 is 0 Å². The molecule has 3 heteroatoms. The second-order valence-corrected chi connectivity index (χ2v) is 14.8. The minimum Gasteiger partial charge on any atom is -0.294 e. The highest BCUT2D eigenvalue weighted by molar-refractivity contribution is 6.22. The largest absolute Gasteiger partial charge is 0.294 e. The summed E-state index contributed by atoms with van der Waals surface area (Å²) in [6.07, 6.45) is 0.349. The molecule has 0 aliphatic carbocycles. The lowest BCUT2D eigenvalue weighted by Crippen LogP contribution is -2.19. The molecule has 0 aliphatic heterocycles. The highest BCUT2D eigenvalue weighted by Crippen LogP contribution is 2.45. The van der Waals surface area contributed by atoms with Crippen molar-refractivity contribution in [3.05, 3.63) is 221 Å². The molecule has 1 heterocycles. The van der Waals surface area contributed by atoms with Gasteiger partial charge in [0.15, 0.2) is 5.78 Å². The average molecular weight is 732 g/mol. The van der Waals surface area contributed by atoms with Crippen molar-refractivity contribution in [2.24, 2.45) is 0 Å². The lowest BCUT2D eigenvalue weighted by atomic mass is 9.84. The fraction of sp³-hybridized carbons (Fsp3) is 0.0370. The predicted octanol–water partition coefficient (Wildman–Crippen LogP) is 13.2. The van der Waals surface area contributed by atoms with Gasteiger partial charge in [0, 0.05) is 28.4 Å². The maximum absolute atomic E-state index is 14.0. The van der Waals surface area contributed by atoms with Gasteiger partial charge in [0.1, 0.15) is 0 Å². The SMILES string of the molecule is Cc1ccc(-c2c3ccccc3c(-c3ccc4c(c3)c3ccccc3c(=O)n4-c3ccccc3)c3ccccc23)cc1-c1ccccc1C(=O)Cc1ccccc1. The summed E-state index contributed by atoms with van der Waals surface area (Å²) < 4.78 is 1.84. The lowest BCUT2D eigenvalue weighted by molar-refractivity contribution is 0.0993. The Balaban J connectivity index is 1.19. The molecule has 0 saturated carbocycles. The molecule has 0 radical (unpaired) electrons. The monoisotopic (exact) mass is 731 g/mol. The van der Waals surface area contributed by atoms with E-state index in [2.05, 4.69) is 104 Å². The molecular weight excluding hydrogens is 695 g/mol. The zero-order valence-corrected chi connectivity index (χ0v) is 31.4. The van der Waals surface area contributed by atoms with Crippen molar-refractivity contribution >= 4 is 49.0 Å². The summed E-state index contributed by atoms with van der Waals surface area (Å²) in [5.41, 5.74) is 11.0. The second-order valence-electron chi connectivity index (χ2n) is 14.8. The summed E-state index contributed by atoms with van der Waals surface area (Å²) >= 11 is 0. The third-order valence-electron chi connectivity index (χ3n) is 11.4. The summed E-state index contributed by atoms with van der Waals surface area (Å²) in [5.74, 6) is 0.103. The van der Waals surface area contributed by atoms with Crippen LogP contribution in [0.3, 0.4) is 0 Å². The number of hydrogen-bond acceptors (Lipinski definition) is 2. The van der Waals surface area contributed by atoms with E-state index in [1.54, 1.807) is 0 Å². The van der Waals surface area contributed by atoms with E-state index in [-0.39, 0.29) is 11.3 Å². The van der Waals surface area contributed by atoms with Gasteiger partial charge in [-0.1, -0.05) is 158 Å². The third kappa shape index (κ3) is 5.84. The number of Topliss-reactive ketones (excluding diaryl/α,β-unsaturated/α-hetero) is 1. The van der Waals surface area contributed by atoms with Crippen molar-refractivity contribution in [1.82, 2.24) is 4.57 Å². The van der Waals surface area contributed by atoms with E-state index in [9.17, 15) is 9.59 Å². The van der Waals surface area contributed by atoms with Gasteiger partial charge in [-0.2, -0.15) is 0 Å². The van der Waals surface area contributed by atoms with Crippen LogP contribution in [0.15, 0.2) is 199 Å². The quantitative estimate of drug-likeness (QED) is 0.0930. The molecule has 9 aromatic carbocycles. The molecule has 3 nitrogen and oxygen atoms in total. The number of fused-ring (bicyclic) bond motifs is 5. The van der Waals surface area contributed by atoms with Gasteiger partial charge in [0.25, 0.3) is 5.56 Å². The van der Waals surface area contributed by atoms with E-state index in [1.165, 1.54) is 0 Å². The summed E-state index contributed by atoms with van der Waals surface area (Å²) in [7, 11) is 0. The number of ketones is 1. The van der Waals surface area contributed by atoms with Crippen LogP contribution in [-0.4, -0.2) is 10.4 Å². The molecule has 0 spiro atoms. The van der Waals surface area contributed by atoms with Gasteiger partial charge in [-0.3, -0.25) is 14.2 Å². The van der Waals surface area contributed by atoms with E-state index < -0.39 is 0 Å². The van der Waals surface area contributed by atoms with Crippen molar-refractivity contribution < 1.29 is 4.79 Å². The molecular formula is C54H37NO2. The van der Waals surface area contributed by atoms with E-state index in [4.69, 9.17) is 0 Å². The number of aromatic nitrogens is 1. The Labute approximate surface area is 330 Å². The van der Waals surface area contributed by atoms with Gasteiger partial charge in [-0.05, 0) is 115 Å². The summed E-state index contributed by atoms with van der Waals surface area (Å²) in [5, 5.41) is 7.23. The van der Waals surface area contributed by atoms with Gasteiger partial charge in [0.05, 0.1) is 5.52 Å². The first-order valence-corrected chi connectivity index (χ1v) is 19.4. The molecule has 10 rings (SSSR count). The van der Waals surface area contributed by atoms with Crippen molar-refractivity contribution in [2.75, 3.05) is 0 Å². The number of carbonyl (C=O) groups excluding carboxylic acids is 1. The Bertz CT molecular complexity index is 3190. The molecule has 0 saturated heterocycles. The number of aryl methyl sites for hydroxylation is 1. The van der Waals surface area contributed by atoms with Gasteiger partial charge >= 0.3 is 0 Å². The molecule has 0 atom stereocenters. The zero-order valence-electron chi connectivity index (χ0n) is 31.4. The molecule has 0 aliphatic rings. The smallest absolute Gasteiger partial charge is 0.263 e. The number of benzene rings is 9. The van der Waals surface area contributed by atoms with Crippen LogP contribution in [0.2, 0.25) is 0 Å². The molecule has 0 amide bonds. The van der Waals surface area contributed by atoms with Crippen LogP contribution in [0, 0.1) is 6.92 Å². The fourth-order valence-electron chi connectivity index (χ4n) is 8.73. The van der Waals surface area contributed by atoms with Crippen LogP contribution in [-0.2, 0) is 6.42 Å². The van der Waals surface area contributed by atoms with E-state index in [1.807, 2.05) is 102 Å². The molecule has 270 valence electrons. The Morgan fingerprint density at radius 3 is 1.61 bits per heavy atom. The topological polar surface area (TPSA) is 39.1 Å². The minimum absolute atomic E-state index is 0.0297. The van der Waals surface area contributed by atoms with Gasteiger partial charge < -0.3 is 0 Å². The predicted molar refractivity (Wildman–Crippen MR) is 238 cm³/mol. The Morgan fingerprint density at radius 1 is 0.456 bits per heavy atom. The molecule has 0 unspecified atom stereocenters. The van der Waals surface area contributed by atoms with Crippen molar-refractivity contribution in [2.45, 2.75) is 13.3 Å². The molecule has 0 fully saturated rings. The maximum atomic E-state index is 14.0. The van der Waals surface area contributed by atoms with Crippen molar-refractivity contribution in [3.8, 4) is 39.1 Å². The standard InChI is InChI=1S/C54H37NO2/c1-35-28-29-37(33-48(35)40-20-8-10-22-42(40)51(56)32-36-16-4-2-5-17-36)52-43-23-11-13-25-45(43)53(46-26-14-12-24-44(46)52)38-30-31-50-49(34-38)41-21-9-15-27-47(41)54(57)55(50)39-18-6-3-7-19-39/h2-31,33-34H,32H2,1H3. The molecule has 1 aromatic heterocycles. The zero-order chi connectivity index (χ0) is 38.5. The Morgan fingerprint density at radius 2 is 0.965 bits per heavy atom. The van der Waals surface area contributed by atoms with Crippen LogP contribution < -0.4 is 5.56 Å². The highest BCUT2D eigenvalue weighted by Gasteiger charge is 2.21. The van der Waals surface area contributed by atoms with Crippen LogP contribution in [0.4, 0.5) is 0 Å². The number of pyridine rings is 1. The number of nitrogens with zero attached hydrogens (tertiary/aromatic N) is 1. The molecule has 0 N–H and O–H groups in total. The maximum Gasteiger partial charge on any atom is 0.263 e. The second kappa shape index (κ2) is 14.1.